The molecule has 1 rings (SSSR count). The molecule has 0 unspecified atom stereocenters. The minimum Gasteiger partial charge on any atom is -0.301 e. The van der Waals surface area contributed by atoms with Crippen LogP contribution in [0.2, 0.25) is 0 Å². The summed E-state index contributed by atoms with van der Waals surface area (Å²) in [7, 11) is 0. The first-order valence-corrected chi connectivity index (χ1v) is 5.12. The fraction of sp³-hybridized carbons (Fsp3) is 0.286. The van der Waals surface area contributed by atoms with E-state index < -0.39 is 23.3 Å². The number of hydrogen-bond donors (Lipinski definition) is 3. The highest BCUT2D eigenvalue weighted by molar-refractivity contribution is 7.99. The summed E-state index contributed by atoms with van der Waals surface area (Å²) in [5.41, 5.74) is -0.457. The van der Waals surface area contributed by atoms with Crippen molar-refractivity contribution >= 4 is 17.7 Å². The van der Waals surface area contributed by atoms with Gasteiger partial charge in [-0.1, -0.05) is 11.8 Å². The van der Waals surface area contributed by atoms with E-state index in [-0.39, 0.29) is 10.9 Å². The quantitative estimate of drug-likeness (QED) is 0.233. The normalized spacial score (nSPS) is 11.3. The van der Waals surface area contributed by atoms with Crippen LogP contribution in [0.15, 0.2) is 16.0 Å². The van der Waals surface area contributed by atoms with Crippen molar-refractivity contribution in [3.63, 3.8) is 0 Å². The van der Waals surface area contributed by atoms with E-state index in [2.05, 4.69) is 9.97 Å². The van der Waals surface area contributed by atoms with Crippen LogP contribution in [-0.4, -0.2) is 21.6 Å². The number of nitrogens with zero attached hydrogens (tertiary/aromatic N) is 1. The Morgan fingerprint density at radius 3 is 2.76 bits per heavy atom. The molecule has 10 heteroatoms. The van der Waals surface area contributed by atoms with Crippen LogP contribution in [0, 0.1) is 0 Å². The van der Waals surface area contributed by atoms with Crippen LogP contribution in [0.5, 0.6) is 0 Å². The summed E-state index contributed by atoms with van der Waals surface area (Å²) in [6.45, 7) is 0. The highest BCUT2D eigenvalue weighted by atomic mass is 32.2. The number of carbonyl (C=O) groups excluding carboxylic acids is 1. The summed E-state index contributed by atoms with van der Waals surface area (Å²) < 4.78 is 36.9. The van der Waals surface area contributed by atoms with E-state index in [1.165, 1.54) is 0 Å². The van der Waals surface area contributed by atoms with Crippen molar-refractivity contribution in [2.45, 2.75) is 11.3 Å². The molecule has 0 aromatic carbocycles. The van der Waals surface area contributed by atoms with E-state index in [1.807, 2.05) is 0 Å². The van der Waals surface area contributed by atoms with Crippen LogP contribution in [0.3, 0.4) is 0 Å². The number of aromatic nitrogens is 2. The molecule has 0 aliphatic heterocycles. The predicted octanol–water partition coefficient (Wildman–Crippen LogP) is -0.129. The monoisotopic (exact) mass is 268 g/mol. The van der Waals surface area contributed by atoms with Crippen molar-refractivity contribution in [1.29, 1.82) is 0 Å². The maximum absolute atomic E-state index is 12.3. The standard InChI is InChI=1S/C7H7F3N4O2S/c8-7(9,10)3-1-4(15)13-6(12-3)17-2-5(16)14-11/h1H,2,11H2,(H,14,16)(H,12,13,15). The minimum absolute atomic E-state index is 0.249. The second-order valence-corrected chi connectivity index (χ2v) is 3.75. The van der Waals surface area contributed by atoms with Gasteiger partial charge < -0.3 is 4.98 Å². The van der Waals surface area contributed by atoms with E-state index in [4.69, 9.17) is 5.84 Å². The topological polar surface area (TPSA) is 101 Å². The Bertz CT molecular complexity index is 473. The molecule has 0 saturated heterocycles. The number of H-pyrrole nitrogens is 1. The van der Waals surface area contributed by atoms with E-state index >= 15 is 0 Å². The Morgan fingerprint density at radius 1 is 1.59 bits per heavy atom. The smallest absolute Gasteiger partial charge is 0.301 e. The van der Waals surface area contributed by atoms with E-state index in [1.54, 1.807) is 5.43 Å². The van der Waals surface area contributed by atoms with Gasteiger partial charge in [-0.3, -0.25) is 15.0 Å². The zero-order valence-corrected chi connectivity index (χ0v) is 8.98. The van der Waals surface area contributed by atoms with Crippen LogP contribution in [0.4, 0.5) is 13.2 Å². The third kappa shape index (κ3) is 4.07. The Kier molecular flexibility index (Phi) is 4.12. The number of amides is 1. The largest absolute Gasteiger partial charge is 0.433 e. The number of nitrogens with one attached hydrogen (secondary N) is 2. The summed E-state index contributed by atoms with van der Waals surface area (Å²) in [4.78, 5) is 26.9. The first kappa shape index (κ1) is 13.5. The van der Waals surface area contributed by atoms with Gasteiger partial charge in [-0.2, -0.15) is 13.2 Å². The molecule has 0 spiro atoms. The van der Waals surface area contributed by atoms with Crippen molar-refractivity contribution in [2.24, 2.45) is 5.84 Å². The van der Waals surface area contributed by atoms with Crippen molar-refractivity contribution in [2.75, 3.05) is 5.75 Å². The summed E-state index contributed by atoms with van der Waals surface area (Å²) in [6.07, 6.45) is -4.71. The molecule has 0 atom stereocenters. The van der Waals surface area contributed by atoms with Gasteiger partial charge in [0, 0.05) is 6.07 Å². The molecule has 17 heavy (non-hydrogen) atoms. The lowest BCUT2D eigenvalue weighted by molar-refractivity contribution is -0.141. The van der Waals surface area contributed by atoms with Crippen molar-refractivity contribution in [1.82, 2.24) is 15.4 Å². The average Bonchev–Trinajstić information content (AvgIpc) is 2.24. The summed E-state index contributed by atoms with van der Waals surface area (Å²) in [5.74, 6) is 3.93. The van der Waals surface area contributed by atoms with Gasteiger partial charge >= 0.3 is 6.18 Å². The van der Waals surface area contributed by atoms with E-state index in [9.17, 15) is 22.8 Å². The number of hydrazine groups is 1. The molecular formula is C7H7F3N4O2S. The average molecular weight is 268 g/mol. The summed E-state index contributed by atoms with van der Waals surface area (Å²) >= 11 is 0.639. The van der Waals surface area contributed by atoms with Crippen LogP contribution in [-0.2, 0) is 11.0 Å². The van der Waals surface area contributed by atoms with E-state index in [0.29, 0.717) is 17.8 Å². The summed E-state index contributed by atoms with van der Waals surface area (Å²) in [5, 5.41) is -0.298. The molecule has 1 amide bonds. The van der Waals surface area contributed by atoms with Gasteiger partial charge in [0.1, 0.15) is 0 Å². The van der Waals surface area contributed by atoms with Gasteiger partial charge in [0.15, 0.2) is 10.9 Å². The van der Waals surface area contributed by atoms with Crippen LogP contribution < -0.4 is 16.8 Å². The second kappa shape index (κ2) is 5.19. The Morgan fingerprint density at radius 2 is 2.24 bits per heavy atom. The first-order valence-electron chi connectivity index (χ1n) is 4.13. The van der Waals surface area contributed by atoms with Crippen molar-refractivity contribution in [3.05, 3.63) is 22.1 Å². The third-order valence-corrected chi connectivity index (χ3v) is 2.38. The van der Waals surface area contributed by atoms with Gasteiger partial charge in [0.05, 0.1) is 5.75 Å². The van der Waals surface area contributed by atoms with E-state index in [0.717, 1.165) is 0 Å². The van der Waals surface area contributed by atoms with Gasteiger partial charge in [0.2, 0.25) is 5.91 Å². The molecule has 94 valence electrons. The molecule has 0 radical (unpaired) electrons. The maximum atomic E-state index is 12.3. The number of halogens is 3. The molecule has 6 nitrogen and oxygen atoms in total. The number of carbonyl (C=O) groups is 1. The molecule has 0 bridgehead atoms. The second-order valence-electron chi connectivity index (χ2n) is 2.79. The molecule has 1 aromatic heterocycles. The summed E-state index contributed by atoms with van der Waals surface area (Å²) in [6, 6.07) is 0.340. The third-order valence-electron chi connectivity index (χ3n) is 1.51. The molecule has 0 fully saturated rings. The van der Waals surface area contributed by atoms with Crippen LogP contribution >= 0.6 is 11.8 Å². The Balaban J connectivity index is 2.91. The van der Waals surface area contributed by atoms with Crippen LogP contribution in [0.1, 0.15) is 5.69 Å². The van der Waals surface area contributed by atoms with Gasteiger partial charge in [-0.15, -0.1) is 0 Å². The lowest BCUT2D eigenvalue weighted by atomic mass is 10.4. The number of aromatic amines is 1. The minimum atomic E-state index is -4.71. The fourth-order valence-electron chi connectivity index (χ4n) is 0.824. The SMILES string of the molecule is NNC(=O)CSc1nc(C(F)(F)F)cc(=O)[nH]1. The van der Waals surface area contributed by atoms with Gasteiger partial charge in [-0.05, 0) is 0 Å². The number of hydrogen-bond acceptors (Lipinski definition) is 5. The lowest BCUT2D eigenvalue weighted by Gasteiger charge is -2.06. The number of rotatable bonds is 3. The van der Waals surface area contributed by atoms with Crippen molar-refractivity contribution < 1.29 is 18.0 Å². The molecule has 1 aromatic rings. The predicted molar refractivity (Wildman–Crippen MR) is 52.9 cm³/mol. The molecule has 0 aliphatic carbocycles. The fourth-order valence-corrected chi connectivity index (χ4v) is 1.51. The Labute approximate surface area is 96.8 Å². The molecule has 0 saturated carbocycles. The number of alkyl halides is 3. The Hall–Kier alpha value is -1.55. The zero-order chi connectivity index (χ0) is 13.1. The maximum Gasteiger partial charge on any atom is 0.433 e. The highest BCUT2D eigenvalue weighted by Gasteiger charge is 2.33. The molecule has 0 aliphatic rings. The number of nitrogens with two attached hydrogens (primary N) is 1. The zero-order valence-electron chi connectivity index (χ0n) is 8.17. The lowest BCUT2D eigenvalue weighted by Crippen LogP contribution is -2.31. The van der Waals surface area contributed by atoms with Gasteiger partial charge in [-0.25, -0.2) is 10.8 Å². The molecule has 4 N–H and O–H groups in total. The van der Waals surface area contributed by atoms with Gasteiger partial charge in [0.25, 0.3) is 5.56 Å². The van der Waals surface area contributed by atoms with Crippen molar-refractivity contribution in [3.8, 4) is 0 Å². The molecule has 1 heterocycles. The number of thioether (sulfide) groups is 1. The highest BCUT2D eigenvalue weighted by Crippen LogP contribution is 2.27. The molecular weight excluding hydrogens is 261 g/mol. The first-order chi connectivity index (χ1) is 7.82. The van der Waals surface area contributed by atoms with Crippen LogP contribution in [0.25, 0.3) is 0 Å².